The Kier molecular flexibility index (Phi) is 5.71. The lowest BCUT2D eigenvalue weighted by Crippen LogP contribution is -2.28. The molecule has 0 aliphatic carbocycles. The smallest absolute Gasteiger partial charge is 0.313 e. The summed E-state index contributed by atoms with van der Waals surface area (Å²) in [4.78, 5) is 23.2. The zero-order chi connectivity index (χ0) is 22.1. The average Bonchev–Trinajstić information content (AvgIpc) is 2.68. The highest BCUT2D eigenvalue weighted by molar-refractivity contribution is 6.33. The second kappa shape index (κ2) is 8.08. The SMILES string of the molecule is CC(C)(C(=O)O)c1ccc(Nc2cc(-c3c(F)cccc3Cl)nnc2C(N)=O)cc1. The number of carbonyl (C=O) groups excluding carboxylic acids is 1. The number of nitrogens with zero attached hydrogens (tertiary/aromatic N) is 2. The van der Waals surface area contributed by atoms with Crippen molar-refractivity contribution in [1.82, 2.24) is 10.2 Å². The standard InChI is InChI=1S/C21H18ClFN4O3/c1-21(2,20(29)30)11-6-8-12(9-7-11)25-16-10-15(26-27-18(16)19(24)28)17-13(22)4-3-5-14(17)23/h3-10H,1-2H3,(H2,24,28)(H,25,26)(H,29,30). The van der Waals surface area contributed by atoms with Gasteiger partial charge in [0.15, 0.2) is 5.69 Å². The van der Waals surface area contributed by atoms with Crippen LogP contribution in [-0.4, -0.2) is 27.2 Å². The largest absolute Gasteiger partial charge is 0.481 e. The molecular weight excluding hydrogens is 411 g/mol. The number of halogens is 2. The summed E-state index contributed by atoms with van der Waals surface area (Å²) in [5.41, 5.74) is 5.69. The van der Waals surface area contributed by atoms with Gasteiger partial charge >= 0.3 is 5.97 Å². The molecular formula is C21H18ClFN4O3. The van der Waals surface area contributed by atoms with E-state index in [4.69, 9.17) is 17.3 Å². The molecule has 1 amide bonds. The van der Waals surface area contributed by atoms with Crippen LogP contribution in [0.2, 0.25) is 5.02 Å². The molecule has 3 aromatic rings. The van der Waals surface area contributed by atoms with E-state index in [1.165, 1.54) is 24.3 Å². The monoisotopic (exact) mass is 428 g/mol. The fourth-order valence-electron chi connectivity index (χ4n) is 2.78. The summed E-state index contributed by atoms with van der Waals surface area (Å²) in [6, 6.07) is 12.3. The Bertz CT molecular complexity index is 1110. The molecule has 0 unspecified atom stereocenters. The molecule has 0 radical (unpaired) electrons. The van der Waals surface area contributed by atoms with Crippen molar-refractivity contribution in [3.8, 4) is 11.3 Å². The Labute approximate surface area is 176 Å². The van der Waals surface area contributed by atoms with Gasteiger partial charge in [-0.25, -0.2) is 4.39 Å². The highest BCUT2D eigenvalue weighted by atomic mass is 35.5. The molecule has 0 fully saturated rings. The van der Waals surface area contributed by atoms with Crippen LogP contribution in [-0.2, 0) is 10.2 Å². The number of primary amides is 1. The van der Waals surface area contributed by atoms with Gasteiger partial charge in [0.25, 0.3) is 5.91 Å². The van der Waals surface area contributed by atoms with Gasteiger partial charge in [0.1, 0.15) is 5.82 Å². The maximum Gasteiger partial charge on any atom is 0.313 e. The van der Waals surface area contributed by atoms with Crippen molar-refractivity contribution in [2.45, 2.75) is 19.3 Å². The number of benzene rings is 2. The van der Waals surface area contributed by atoms with Crippen molar-refractivity contribution < 1.29 is 19.1 Å². The van der Waals surface area contributed by atoms with E-state index in [9.17, 15) is 19.1 Å². The summed E-state index contributed by atoms with van der Waals surface area (Å²) in [7, 11) is 0. The van der Waals surface area contributed by atoms with Gasteiger partial charge < -0.3 is 16.2 Å². The van der Waals surface area contributed by atoms with Gasteiger partial charge in [0.05, 0.1) is 27.4 Å². The number of aliphatic carboxylic acids is 1. The van der Waals surface area contributed by atoms with E-state index in [-0.39, 0.29) is 27.7 Å². The van der Waals surface area contributed by atoms with Crippen molar-refractivity contribution in [1.29, 1.82) is 0 Å². The number of aromatic nitrogens is 2. The van der Waals surface area contributed by atoms with Crippen LogP contribution in [0.1, 0.15) is 29.9 Å². The number of nitrogens with one attached hydrogen (secondary N) is 1. The zero-order valence-electron chi connectivity index (χ0n) is 16.1. The van der Waals surface area contributed by atoms with E-state index in [0.29, 0.717) is 11.3 Å². The maximum atomic E-state index is 14.3. The zero-order valence-corrected chi connectivity index (χ0v) is 16.9. The first-order valence-electron chi connectivity index (χ1n) is 8.84. The molecule has 7 nitrogen and oxygen atoms in total. The molecule has 2 aromatic carbocycles. The Balaban J connectivity index is 2.01. The lowest BCUT2D eigenvalue weighted by atomic mass is 9.85. The minimum atomic E-state index is -1.07. The van der Waals surface area contributed by atoms with Crippen LogP contribution in [0.3, 0.4) is 0 Å². The summed E-state index contributed by atoms with van der Waals surface area (Å²) >= 11 is 6.10. The predicted octanol–water partition coefficient (Wildman–Crippen LogP) is 4.14. The van der Waals surface area contributed by atoms with Crippen molar-refractivity contribution in [2.75, 3.05) is 5.32 Å². The molecule has 1 aromatic heterocycles. The minimum Gasteiger partial charge on any atom is -0.481 e. The van der Waals surface area contributed by atoms with Crippen LogP contribution in [0.4, 0.5) is 15.8 Å². The molecule has 4 N–H and O–H groups in total. The molecule has 0 aliphatic rings. The number of carboxylic acids is 1. The van der Waals surface area contributed by atoms with Gasteiger partial charge in [-0.1, -0.05) is 29.8 Å². The summed E-state index contributed by atoms with van der Waals surface area (Å²) in [6.07, 6.45) is 0. The lowest BCUT2D eigenvalue weighted by Gasteiger charge is -2.20. The lowest BCUT2D eigenvalue weighted by molar-refractivity contribution is -0.142. The van der Waals surface area contributed by atoms with E-state index in [2.05, 4.69) is 15.5 Å². The number of nitrogens with two attached hydrogens (primary N) is 1. The molecule has 0 saturated heterocycles. The third-order valence-corrected chi connectivity index (χ3v) is 4.98. The molecule has 30 heavy (non-hydrogen) atoms. The van der Waals surface area contributed by atoms with Crippen molar-refractivity contribution in [3.63, 3.8) is 0 Å². The van der Waals surface area contributed by atoms with Gasteiger partial charge in [-0.15, -0.1) is 10.2 Å². The molecule has 0 aliphatic heterocycles. The molecule has 0 bridgehead atoms. The van der Waals surface area contributed by atoms with Gasteiger partial charge in [0, 0.05) is 5.69 Å². The number of carboxylic acid groups (broad SMARTS) is 1. The third-order valence-electron chi connectivity index (χ3n) is 4.67. The van der Waals surface area contributed by atoms with E-state index in [1.54, 1.807) is 38.1 Å². The fraction of sp³-hybridized carbons (Fsp3) is 0.143. The number of amides is 1. The van der Waals surface area contributed by atoms with Crippen LogP contribution >= 0.6 is 11.6 Å². The Morgan fingerprint density at radius 1 is 1.13 bits per heavy atom. The molecule has 154 valence electrons. The quantitative estimate of drug-likeness (QED) is 0.543. The first kappa shape index (κ1) is 21.2. The van der Waals surface area contributed by atoms with Crippen LogP contribution in [0.25, 0.3) is 11.3 Å². The van der Waals surface area contributed by atoms with Crippen molar-refractivity contribution in [2.24, 2.45) is 5.73 Å². The third kappa shape index (κ3) is 4.08. The van der Waals surface area contributed by atoms with Crippen LogP contribution in [0, 0.1) is 5.82 Å². The highest BCUT2D eigenvalue weighted by Gasteiger charge is 2.29. The first-order chi connectivity index (χ1) is 14.1. The first-order valence-corrected chi connectivity index (χ1v) is 9.22. The molecule has 0 atom stereocenters. The summed E-state index contributed by atoms with van der Waals surface area (Å²) in [6.45, 7) is 3.19. The number of rotatable bonds is 6. The maximum absolute atomic E-state index is 14.3. The van der Waals surface area contributed by atoms with Crippen molar-refractivity contribution >= 4 is 34.9 Å². The second-order valence-electron chi connectivity index (χ2n) is 7.09. The fourth-order valence-corrected chi connectivity index (χ4v) is 3.04. The Morgan fingerprint density at radius 3 is 2.37 bits per heavy atom. The van der Waals surface area contributed by atoms with Crippen molar-refractivity contribution in [3.05, 3.63) is 70.6 Å². The Hall–Kier alpha value is -3.52. The van der Waals surface area contributed by atoms with E-state index in [0.717, 1.165) is 0 Å². The topological polar surface area (TPSA) is 118 Å². The number of hydrogen-bond donors (Lipinski definition) is 3. The van der Waals surface area contributed by atoms with E-state index >= 15 is 0 Å². The summed E-state index contributed by atoms with van der Waals surface area (Å²) < 4.78 is 14.3. The predicted molar refractivity (Wildman–Crippen MR) is 111 cm³/mol. The van der Waals surface area contributed by atoms with E-state index in [1.807, 2.05) is 0 Å². The summed E-state index contributed by atoms with van der Waals surface area (Å²) in [5.74, 6) is -2.36. The van der Waals surface area contributed by atoms with Gasteiger partial charge in [-0.2, -0.15) is 0 Å². The average molecular weight is 429 g/mol. The number of anilines is 2. The minimum absolute atomic E-state index is 0.0456. The molecule has 3 rings (SSSR count). The molecule has 0 saturated carbocycles. The second-order valence-corrected chi connectivity index (χ2v) is 7.49. The van der Waals surface area contributed by atoms with Crippen LogP contribution in [0.5, 0.6) is 0 Å². The Morgan fingerprint density at radius 2 is 1.80 bits per heavy atom. The van der Waals surface area contributed by atoms with Gasteiger partial charge in [-0.3, -0.25) is 9.59 Å². The summed E-state index contributed by atoms with van der Waals surface area (Å²) in [5, 5.41) is 20.2. The number of hydrogen-bond acceptors (Lipinski definition) is 5. The molecule has 9 heteroatoms. The molecule has 1 heterocycles. The van der Waals surface area contributed by atoms with Crippen LogP contribution in [0.15, 0.2) is 48.5 Å². The number of carbonyl (C=O) groups is 2. The van der Waals surface area contributed by atoms with Gasteiger partial charge in [0.2, 0.25) is 0 Å². The van der Waals surface area contributed by atoms with Gasteiger partial charge in [-0.05, 0) is 49.7 Å². The highest BCUT2D eigenvalue weighted by Crippen LogP contribution is 2.32. The van der Waals surface area contributed by atoms with E-state index < -0.39 is 23.1 Å². The van der Waals surface area contributed by atoms with Crippen LogP contribution < -0.4 is 11.1 Å². The molecule has 0 spiro atoms. The normalized spacial score (nSPS) is 11.2.